The van der Waals surface area contributed by atoms with E-state index in [1.54, 1.807) is 0 Å². The van der Waals surface area contributed by atoms with Gasteiger partial charge >= 0.3 is 0 Å². The van der Waals surface area contributed by atoms with E-state index in [2.05, 4.69) is 0 Å². The highest BCUT2D eigenvalue weighted by molar-refractivity contribution is 7.93. The first-order chi connectivity index (χ1) is 8.93. The van der Waals surface area contributed by atoms with Gasteiger partial charge in [0.15, 0.2) is 0 Å². The number of rotatable bonds is 3. The molecule has 1 aliphatic rings. The highest BCUT2D eigenvalue weighted by Gasteiger charge is 2.27. The van der Waals surface area contributed by atoms with Gasteiger partial charge in [0.25, 0.3) is 5.69 Å². The minimum atomic E-state index is -3.00. The minimum Gasteiger partial charge on any atom is -0.258 e. The maximum Gasteiger partial charge on any atom is 0.289 e. The molecule has 5 nitrogen and oxygen atoms in total. The standard InChI is InChI=1S/C12H15ClN2O3S/c13-11-7-6-10(8-12(11)15(16)17)19(14,18)9-4-2-1-3-5-9/h6-9,14H,1-5H2. The van der Waals surface area contributed by atoms with E-state index in [1.165, 1.54) is 18.2 Å². The fourth-order valence-corrected chi connectivity index (χ4v) is 4.54. The first kappa shape index (κ1) is 14.3. The van der Waals surface area contributed by atoms with Crippen molar-refractivity contribution in [2.75, 3.05) is 0 Å². The van der Waals surface area contributed by atoms with Crippen molar-refractivity contribution in [3.05, 3.63) is 33.3 Å². The Morgan fingerprint density at radius 1 is 1.32 bits per heavy atom. The molecule has 0 amide bonds. The zero-order valence-corrected chi connectivity index (χ0v) is 11.9. The van der Waals surface area contributed by atoms with Crippen LogP contribution in [0.3, 0.4) is 0 Å². The minimum absolute atomic E-state index is 0.00703. The van der Waals surface area contributed by atoms with Crippen LogP contribution in [0.2, 0.25) is 5.02 Å². The van der Waals surface area contributed by atoms with Gasteiger partial charge in [-0.15, -0.1) is 0 Å². The SMILES string of the molecule is N=S(=O)(c1ccc(Cl)c([N+](=O)[O-])c1)C1CCCCC1. The van der Waals surface area contributed by atoms with Gasteiger partial charge < -0.3 is 0 Å². The lowest BCUT2D eigenvalue weighted by Gasteiger charge is -2.24. The Labute approximate surface area is 117 Å². The highest BCUT2D eigenvalue weighted by atomic mass is 35.5. The summed E-state index contributed by atoms with van der Waals surface area (Å²) in [5.74, 6) is 0. The molecule has 19 heavy (non-hydrogen) atoms. The van der Waals surface area contributed by atoms with E-state index < -0.39 is 14.7 Å². The smallest absolute Gasteiger partial charge is 0.258 e. The summed E-state index contributed by atoms with van der Waals surface area (Å²) in [7, 11) is -3.00. The lowest BCUT2D eigenvalue weighted by molar-refractivity contribution is -0.384. The maximum absolute atomic E-state index is 12.6. The van der Waals surface area contributed by atoms with Crippen molar-refractivity contribution in [2.45, 2.75) is 42.2 Å². The summed E-state index contributed by atoms with van der Waals surface area (Å²) in [5, 5.41) is 10.6. The fraction of sp³-hybridized carbons (Fsp3) is 0.500. The predicted molar refractivity (Wildman–Crippen MR) is 74.1 cm³/mol. The van der Waals surface area contributed by atoms with Crippen molar-refractivity contribution >= 4 is 27.0 Å². The first-order valence-corrected chi connectivity index (χ1v) is 8.14. The summed E-state index contributed by atoms with van der Waals surface area (Å²) < 4.78 is 20.8. The molecule has 2 rings (SSSR count). The van der Waals surface area contributed by atoms with Crippen molar-refractivity contribution in [3.63, 3.8) is 0 Å². The second kappa shape index (κ2) is 5.46. The van der Waals surface area contributed by atoms with Crippen molar-refractivity contribution in [3.8, 4) is 0 Å². The molecule has 0 bridgehead atoms. The largest absolute Gasteiger partial charge is 0.289 e. The number of benzene rings is 1. The summed E-state index contributed by atoms with van der Waals surface area (Å²) in [6.07, 6.45) is 4.54. The molecular formula is C12H15ClN2O3S. The summed E-state index contributed by atoms with van der Waals surface area (Å²) in [6.45, 7) is 0. The maximum atomic E-state index is 12.6. The third-order valence-electron chi connectivity index (χ3n) is 3.49. The van der Waals surface area contributed by atoms with Crippen LogP contribution in [0.1, 0.15) is 32.1 Å². The molecule has 1 N–H and O–H groups in total. The number of hydrogen-bond donors (Lipinski definition) is 1. The van der Waals surface area contributed by atoms with Gasteiger partial charge in [0.05, 0.1) is 19.5 Å². The lowest BCUT2D eigenvalue weighted by atomic mass is 10.0. The zero-order valence-electron chi connectivity index (χ0n) is 10.3. The summed E-state index contributed by atoms with van der Waals surface area (Å²) in [6, 6.07) is 4.01. The van der Waals surface area contributed by atoms with Crippen molar-refractivity contribution in [1.82, 2.24) is 0 Å². The molecule has 1 aromatic carbocycles. The molecule has 1 aliphatic carbocycles. The molecule has 0 heterocycles. The van der Waals surface area contributed by atoms with Crippen molar-refractivity contribution < 1.29 is 9.13 Å². The fourth-order valence-electron chi connectivity index (χ4n) is 2.41. The first-order valence-electron chi connectivity index (χ1n) is 6.14. The van der Waals surface area contributed by atoms with Gasteiger partial charge in [-0.3, -0.25) is 10.1 Å². The lowest BCUT2D eigenvalue weighted by Crippen LogP contribution is -2.23. The summed E-state index contributed by atoms with van der Waals surface area (Å²) >= 11 is 5.73. The molecule has 1 aromatic rings. The second-order valence-corrected chi connectivity index (χ2v) is 7.48. The number of nitro groups is 1. The van der Waals surface area contributed by atoms with E-state index >= 15 is 0 Å². The van der Waals surface area contributed by atoms with Gasteiger partial charge in [-0.25, -0.2) is 8.99 Å². The Hall–Kier alpha value is -1.14. The normalized spacial score (nSPS) is 19.8. The van der Waals surface area contributed by atoms with Crippen LogP contribution in [-0.4, -0.2) is 14.4 Å². The highest BCUT2D eigenvalue weighted by Crippen LogP contribution is 2.33. The Morgan fingerprint density at radius 3 is 2.53 bits per heavy atom. The Balaban J connectivity index is 2.40. The van der Waals surface area contributed by atoms with E-state index in [1.807, 2.05) is 0 Å². The molecule has 1 saturated carbocycles. The molecule has 1 fully saturated rings. The topological polar surface area (TPSA) is 84.1 Å². The molecule has 1 unspecified atom stereocenters. The summed E-state index contributed by atoms with van der Waals surface area (Å²) in [5.41, 5.74) is -0.282. The molecule has 104 valence electrons. The van der Waals surface area contributed by atoms with Gasteiger partial charge in [-0.2, -0.15) is 0 Å². The molecule has 1 atom stereocenters. The molecule has 0 aliphatic heterocycles. The van der Waals surface area contributed by atoms with E-state index in [0.29, 0.717) is 0 Å². The average molecular weight is 303 g/mol. The third kappa shape index (κ3) is 2.90. The number of nitro benzene ring substituents is 1. The Bertz CT molecular complexity index is 595. The van der Waals surface area contributed by atoms with E-state index in [0.717, 1.165) is 32.1 Å². The monoisotopic (exact) mass is 302 g/mol. The van der Waals surface area contributed by atoms with Gasteiger partial charge in [-0.1, -0.05) is 30.9 Å². The van der Waals surface area contributed by atoms with Gasteiger partial charge in [0.1, 0.15) is 5.02 Å². The van der Waals surface area contributed by atoms with Crippen LogP contribution >= 0.6 is 11.6 Å². The average Bonchev–Trinajstić information content (AvgIpc) is 2.39. The molecular weight excluding hydrogens is 288 g/mol. The Morgan fingerprint density at radius 2 is 1.95 bits per heavy atom. The van der Waals surface area contributed by atoms with Gasteiger partial charge in [-0.05, 0) is 25.0 Å². The molecule has 7 heteroatoms. The van der Waals surface area contributed by atoms with Gasteiger partial charge in [0.2, 0.25) is 0 Å². The molecule has 0 radical (unpaired) electrons. The van der Waals surface area contributed by atoms with Gasteiger partial charge in [0, 0.05) is 11.3 Å². The van der Waals surface area contributed by atoms with Crippen molar-refractivity contribution in [1.29, 1.82) is 4.78 Å². The van der Waals surface area contributed by atoms with E-state index in [4.69, 9.17) is 16.4 Å². The third-order valence-corrected chi connectivity index (χ3v) is 6.17. The van der Waals surface area contributed by atoms with E-state index in [-0.39, 0.29) is 20.9 Å². The zero-order chi connectivity index (χ0) is 14.0. The molecule has 0 aromatic heterocycles. The Kier molecular flexibility index (Phi) is 4.10. The molecule has 0 spiro atoms. The summed E-state index contributed by atoms with van der Waals surface area (Å²) in [4.78, 5) is 10.5. The van der Waals surface area contributed by atoms with E-state index in [9.17, 15) is 14.3 Å². The van der Waals surface area contributed by atoms with Crippen LogP contribution in [0.5, 0.6) is 0 Å². The predicted octanol–water partition coefficient (Wildman–Crippen LogP) is 3.99. The number of nitrogens with zero attached hydrogens (tertiary/aromatic N) is 1. The van der Waals surface area contributed by atoms with Crippen molar-refractivity contribution in [2.24, 2.45) is 0 Å². The van der Waals surface area contributed by atoms with Crippen LogP contribution < -0.4 is 0 Å². The molecule has 0 saturated heterocycles. The van der Waals surface area contributed by atoms with Crippen LogP contribution in [0.25, 0.3) is 0 Å². The number of halogens is 1. The number of nitrogens with one attached hydrogen (secondary N) is 1. The quantitative estimate of drug-likeness (QED) is 0.677. The van der Waals surface area contributed by atoms with Crippen LogP contribution in [0, 0.1) is 14.9 Å². The van der Waals surface area contributed by atoms with Crippen LogP contribution in [-0.2, 0) is 9.73 Å². The van der Waals surface area contributed by atoms with Crippen LogP contribution in [0.15, 0.2) is 23.1 Å². The second-order valence-electron chi connectivity index (χ2n) is 4.73. The number of hydrogen-bond acceptors (Lipinski definition) is 4. The van der Waals surface area contributed by atoms with Crippen LogP contribution in [0.4, 0.5) is 5.69 Å².